The molecule has 3 nitrogen and oxygen atoms in total. The molecule has 1 aromatic rings. The topological polar surface area (TPSA) is 41.1 Å². The number of carbonyl (C=O) groups excluding carboxylic acids is 1. The van der Waals surface area contributed by atoms with Crippen molar-refractivity contribution in [2.45, 2.75) is 32.1 Å². The van der Waals surface area contributed by atoms with Crippen molar-refractivity contribution in [1.29, 1.82) is 0 Å². The summed E-state index contributed by atoms with van der Waals surface area (Å²) in [6, 6.07) is 2.55. The summed E-state index contributed by atoms with van der Waals surface area (Å²) in [7, 11) is 0. The Kier molecular flexibility index (Phi) is 3.63. The third-order valence-corrected chi connectivity index (χ3v) is 4.36. The van der Waals surface area contributed by atoms with E-state index in [0.29, 0.717) is 12.1 Å². The Morgan fingerprint density at radius 2 is 2.00 bits per heavy atom. The molecule has 1 fully saturated rings. The molecule has 0 aromatic heterocycles. The average molecular weight is 316 g/mol. The lowest BCUT2D eigenvalue weighted by molar-refractivity contribution is -0.138. The Labute approximate surface area is 125 Å². The van der Waals surface area contributed by atoms with E-state index in [9.17, 15) is 22.4 Å². The van der Waals surface area contributed by atoms with Gasteiger partial charge in [0.05, 0.1) is 12.2 Å². The van der Waals surface area contributed by atoms with Crippen LogP contribution in [0.1, 0.15) is 39.9 Å². The largest absolute Gasteiger partial charge is 0.416 e. The van der Waals surface area contributed by atoms with Gasteiger partial charge in [-0.3, -0.25) is 9.18 Å². The van der Waals surface area contributed by atoms with Crippen LogP contribution in [0.25, 0.3) is 0 Å². The first-order valence-electron chi connectivity index (χ1n) is 7.13. The lowest BCUT2D eigenvalue weighted by Crippen LogP contribution is -2.25. The number of amides is 1. The minimum Gasteiger partial charge on any atom is -0.348 e. The second kappa shape index (κ2) is 5.22. The highest BCUT2D eigenvalue weighted by molar-refractivity contribution is 5.99. The fourth-order valence-electron chi connectivity index (χ4n) is 2.75. The van der Waals surface area contributed by atoms with Crippen molar-refractivity contribution in [3.63, 3.8) is 0 Å². The molecular weight excluding hydrogens is 300 g/mol. The van der Waals surface area contributed by atoms with Crippen LogP contribution in [0.5, 0.6) is 0 Å². The van der Waals surface area contributed by atoms with Crippen LogP contribution >= 0.6 is 0 Å². The number of alkyl halides is 4. The number of benzene rings is 1. The van der Waals surface area contributed by atoms with Gasteiger partial charge in [0.2, 0.25) is 0 Å². The molecular formula is C15H16F4N2O. The van der Waals surface area contributed by atoms with Crippen LogP contribution in [0.15, 0.2) is 12.1 Å². The first-order valence-corrected chi connectivity index (χ1v) is 7.13. The van der Waals surface area contributed by atoms with E-state index in [1.165, 1.54) is 6.07 Å². The molecule has 2 N–H and O–H groups in total. The fourth-order valence-corrected chi connectivity index (χ4v) is 2.75. The fraction of sp³-hybridized carbons (Fsp3) is 0.533. The molecule has 0 bridgehead atoms. The van der Waals surface area contributed by atoms with Gasteiger partial charge < -0.3 is 10.6 Å². The highest BCUT2D eigenvalue weighted by Crippen LogP contribution is 2.45. The van der Waals surface area contributed by atoms with Gasteiger partial charge in [0.25, 0.3) is 5.91 Å². The summed E-state index contributed by atoms with van der Waals surface area (Å²) >= 11 is 0. The predicted octanol–water partition coefficient (Wildman–Crippen LogP) is 2.79. The third kappa shape index (κ3) is 2.82. The molecule has 1 heterocycles. The van der Waals surface area contributed by atoms with Gasteiger partial charge in [-0.25, -0.2) is 0 Å². The van der Waals surface area contributed by atoms with Gasteiger partial charge in [-0.2, -0.15) is 13.2 Å². The Morgan fingerprint density at radius 3 is 2.59 bits per heavy atom. The molecule has 22 heavy (non-hydrogen) atoms. The van der Waals surface area contributed by atoms with Gasteiger partial charge in [0.15, 0.2) is 0 Å². The SMILES string of the molecule is O=C1NCc2c1cc(CNCC1(CF)CC1)cc2C(F)(F)F. The quantitative estimate of drug-likeness (QED) is 0.820. The molecule has 0 radical (unpaired) electrons. The van der Waals surface area contributed by atoms with Crippen LogP contribution in [0.2, 0.25) is 0 Å². The van der Waals surface area contributed by atoms with Gasteiger partial charge in [-0.05, 0) is 36.1 Å². The summed E-state index contributed by atoms with van der Waals surface area (Å²) in [5, 5.41) is 5.42. The number of nitrogens with one attached hydrogen (secondary N) is 2. The van der Waals surface area contributed by atoms with Crippen molar-refractivity contribution in [2.24, 2.45) is 5.41 Å². The van der Waals surface area contributed by atoms with Crippen LogP contribution in [0.4, 0.5) is 17.6 Å². The molecule has 0 spiro atoms. The molecule has 120 valence electrons. The van der Waals surface area contributed by atoms with Gasteiger partial charge >= 0.3 is 6.18 Å². The number of carbonyl (C=O) groups is 1. The molecule has 2 aliphatic rings. The minimum atomic E-state index is -4.50. The summed E-state index contributed by atoms with van der Waals surface area (Å²) in [6.45, 7) is 0.113. The van der Waals surface area contributed by atoms with Crippen LogP contribution < -0.4 is 10.6 Å². The van der Waals surface area contributed by atoms with E-state index in [2.05, 4.69) is 10.6 Å². The maximum atomic E-state index is 13.1. The van der Waals surface area contributed by atoms with Gasteiger partial charge in [0.1, 0.15) is 0 Å². The van der Waals surface area contributed by atoms with Crippen LogP contribution in [-0.4, -0.2) is 19.1 Å². The Morgan fingerprint density at radius 1 is 1.27 bits per heavy atom. The van der Waals surface area contributed by atoms with Crippen molar-refractivity contribution in [3.8, 4) is 0 Å². The molecule has 3 rings (SSSR count). The van der Waals surface area contributed by atoms with Gasteiger partial charge in [0, 0.05) is 30.6 Å². The highest BCUT2D eigenvalue weighted by atomic mass is 19.4. The Balaban J connectivity index is 1.80. The zero-order chi connectivity index (χ0) is 16.0. The van der Waals surface area contributed by atoms with E-state index in [4.69, 9.17) is 0 Å². The van der Waals surface area contributed by atoms with Gasteiger partial charge in [-0.15, -0.1) is 0 Å². The Bertz CT molecular complexity index is 608. The number of fused-ring (bicyclic) bond motifs is 1. The molecule has 0 atom stereocenters. The predicted molar refractivity (Wildman–Crippen MR) is 72.0 cm³/mol. The molecule has 1 aliphatic carbocycles. The zero-order valence-electron chi connectivity index (χ0n) is 11.8. The van der Waals surface area contributed by atoms with Crippen LogP contribution in [0, 0.1) is 5.41 Å². The zero-order valence-corrected chi connectivity index (χ0v) is 11.8. The van der Waals surface area contributed by atoms with Crippen molar-refractivity contribution in [3.05, 3.63) is 34.4 Å². The molecule has 7 heteroatoms. The number of halogens is 4. The number of hydrogen-bond donors (Lipinski definition) is 2. The summed E-state index contributed by atoms with van der Waals surface area (Å²) < 4.78 is 52.1. The summed E-state index contributed by atoms with van der Waals surface area (Å²) in [6.07, 6.45) is -2.89. The van der Waals surface area contributed by atoms with E-state index in [1.54, 1.807) is 0 Å². The Hall–Kier alpha value is -1.63. The molecule has 0 saturated heterocycles. The molecule has 1 aliphatic heterocycles. The molecule has 1 amide bonds. The minimum absolute atomic E-state index is 0.00340. The molecule has 1 saturated carbocycles. The normalized spacial score (nSPS) is 19.0. The average Bonchev–Trinajstić information content (AvgIpc) is 3.15. The first kappa shape index (κ1) is 15.3. The third-order valence-electron chi connectivity index (χ3n) is 4.36. The molecule has 0 unspecified atom stereocenters. The van der Waals surface area contributed by atoms with Crippen LogP contribution in [0.3, 0.4) is 0 Å². The van der Waals surface area contributed by atoms with E-state index in [-0.39, 0.29) is 29.6 Å². The van der Waals surface area contributed by atoms with Crippen LogP contribution in [-0.2, 0) is 19.3 Å². The smallest absolute Gasteiger partial charge is 0.348 e. The highest BCUT2D eigenvalue weighted by Gasteiger charge is 2.42. The lowest BCUT2D eigenvalue weighted by Gasteiger charge is -2.15. The van der Waals surface area contributed by atoms with Crippen molar-refractivity contribution >= 4 is 5.91 Å². The van der Waals surface area contributed by atoms with E-state index in [1.807, 2.05) is 0 Å². The van der Waals surface area contributed by atoms with Crippen molar-refractivity contribution in [2.75, 3.05) is 13.2 Å². The van der Waals surface area contributed by atoms with Gasteiger partial charge in [-0.1, -0.05) is 0 Å². The lowest BCUT2D eigenvalue weighted by atomic mass is 9.98. The second-order valence-corrected chi connectivity index (χ2v) is 6.09. The van der Waals surface area contributed by atoms with E-state index in [0.717, 1.165) is 18.9 Å². The second-order valence-electron chi connectivity index (χ2n) is 6.09. The van der Waals surface area contributed by atoms with Crippen molar-refractivity contribution < 1.29 is 22.4 Å². The first-order chi connectivity index (χ1) is 10.3. The summed E-state index contributed by atoms with van der Waals surface area (Å²) in [4.78, 5) is 11.6. The number of hydrogen-bond acceptors (Lipinski definition) is 2. The van der Waals surface area contributed by atoms with E-state index >= 15 is 0 Å². The molecule has 1 aromatic carbocycles. The maximum absolute atomic E-state index is 13.1. The summed E-state index contributed by atoms with van der Waals surface area (Å²) in [5.41, 5.74) is -0.632. The monoisotopic (exact) mass is 316 g/mol. The van der Waals surface area contributed by atoms with Crippen molar-refractivity contribution in [1.82, 2.24) is 10.6 Å². The number of rotatable bonds is 5. The maximum Gasteiger partial charge on any atom is 0.416 e. The van der Waals surface area contributed by atoms with E-state index < -0.39 is 24.3 Å². The summed E-state index contributed by atoms with van der Waals surface area (Å²) in [5.74, 6) is -0.482. The standard InChI is InChI=1S/C15H16F4N2O/c16-7-14(1-2-14)8-20-5-9-3-10-11(6-21-13(10)22)12(4-9)15(17,18)19/h3-4,20H,1-2,5-8H2,(H,21,22).